The first kappa shape index (κ1) is 13.3. The molecule has 0 aromatic carbocycles. The molecule has 0 fully saturated rings. The first-order valence-electron chi connectivity index (χ1n) is 6.41. The summed E-state index contributed by atoms with van der Waals surface area (Å²) in [6, 6.07) is 3.47. The Morgan fingerprint density at radius 2 is 2.28 bits per heavy atom. The third-order valence-corrected chi connectivity index (χ3v) is 3.35. The third kappa shape index (κ3) is 2.80. The van der Waals surface area contributed by atoms with Crippen LogP contribution in [0.2, 0.25) is 0 Å². The fraction of sp³-hybridized carbons (Fsp3) is 0.615. The summed E-state index contributed by atoms with van der Waals surface area (Å²) in [5.41, 5.74) is 8.19. The molecule has 0 bridgehead atoms. The molecule has 0 radical (unpaired) electrons. The van der Waals surface area contributed by atoms with E-state index in [1.807, 2.05) is 6.07 Å². The number of hydrogen-bond acceptors (Lipinski definition) is 4. The van der Waals surface area contributed by atoms with Crippen molar-refractivity contribution >= 4 is 0 Å². The van der Waals surface area contributed by atoms with Gasteiger partial charge in [-0.05, 0) is 24.8 Å². The molecule has 0 saturated heterocycles. The quantitative estimate of drug-likeness (QED) is 0.734. The molecule has 1 heterocycles. The molecule has 1 unspecified atom stereocenters. The predicted octanol–water partition coefficient (Wildman–Crippen LogP) is 0.193. The smallest absolute Gasteiger partial charge is 0.250 e. The van der Waals surface area contributed by atoms with E-state index >= 15 is 0 Å². The zero-order valence-corrected chi connectivity index (χ0v) is 10.5. The van der Waals surface area contributed by atoms with Crippen LogP contribution in [0.4, 0.5) is 0 Å². The molecule has 100 valence electrons. The van der Waals surface area contributed by atoms with Crippen molar-refractivity contribution in [3.05, 3.63) is 33.7 Å². The monoisotopic (exact) mass is 252 g/mol. The van der Waals surface area contributed by atoms with Gasteiger partial charge < -0.3 is 20.1 Å². The third-order valence-electron chi connectivity index (χ3n) is 3.35. The van der Waals surface area contributed by atoms with E-state index in [0.29, 0.717) is 19.8 Å². The van der Waals surface area contributed by atoms with Crippen LogP contribution in [-0.2, 0) is 17.7 Å². The lowest BCUT2D eigenvalue weighted by atomic mass is 9.91. The van der Waals surface area contributed by atoms with Crippen LogP contribution in [0.1, 0.15) is 30.1 Å². The standard InChI is InChI=1S/C13H20N2O3/c14-11-2-1-3-12-10(11)4-5-13(17)15(12)6-8-18-9-7-16/h4-5,11,16H,1-3,6-9,14H2. The van der Waals surface area contributed by atoms with Crippen molar-refractivity contribution in [3.63, 3.8) is 0 Å². The topological polar surface area (TPSA) is 77.5 Å². The molecule has 3 N–H and O–H groups in total. The Labute approximate surface area is 106 Å². The van der Waals surface area contributed by atoms with Crippen LogP contribution in [0.25, 0.3) is 0 Å². The van der Waals surface area contributed by atoms with Crippen molar-refractivity contribution in [2.75, 3.05) is 19.8 Å². The van der Waals surface area contributed by atoms with Gasteiger partial charge in [0.1, 0.15) is 0 Å². The summed E-state index contributed by atoms with van der Waals surface area (Å²) in [5.74, 6) is 0. The maximum atomic E-state index is 11.9. The minimum absolute atomic E-state index is 0.00421. The van der Waals surface area contributed by atoms with Gasteiger partial charge in [-0.3, -0.25) is 4.79 Å². The minimum Gasteiger partial charge on any atom is -0.394 e. The number of aromatic nitrogens is 1. The highest BCUT2D eigenvalue weighted by Gasteiger charge is 2.19. The van der Waals surface area contributed by atoms with Crippen molar-refractivity contribution in [2.24, 2.45) is 5.73 Å². The number of nitrogens with zero attached hydrogens (tertiary/aromatic N) is 1. The van der Waals surface area contributed by atoms with Crippen LogP contribution >= 0.6 is 0 Å². The number of hydrogen-bond donors (Lipinski definition) is 2. The van der Waals surface area contributed by atoms with Crippen molar-refractivity contribution in [1.29, 1.82) is 0 Å². The lowest BCUT2D eigenvalue weighted by molar-refractivity contribution is 0.0860. The average Bonchev–Trinajstić information content (AvgIpc) is 2.37. The molecular formula is C13H20N2O3. The highest BCUT2D eigenvalue weighted by molar-refractivity contribution is 5.27. The van der Waals surface area contributed by atoms with E-state index in [9.17, 15) is 4.79 Å². The van der Waals surface area contributed by atoms with E-state index in [1.54, 1.807) is 10.6 Å². The average molecular weight is 252 g/mol. The van der Waals surface area contributed by atoms with Gasteiger partial charge in [0.25, 0.3) is 5.56 Å². The Kier molecular flexibility index (Phi) is 4.52. The fourth-order valence-electron chi connectivity index (χ4n) is 2.47. The van der Waals surface area contributed by atoms with Crippen molar-refractivity contribution in [1.82, 2.24) is 4.57 Å². The summed E-state index contributed by atoms with van der Waals surface area (Å²) < 4.78 is 6.97. The molecule has 0 saturated carbocycles. The zero-order chi connectivity index (χ0) is 13.0. The van der Waals surface area contributed by atoms with E-state index in [1.165, 1.54) is 0 Å². The second kappa shape index (κ2) is 6.13. The SMILES string of the molecule is NC1CCCc2c1ccc(=O)n2CCOCCO. The van der Waals surface area contributed by atoms with Gasteiger partial charge in [-0.2, -0.15) is 0 Å². The molecule has 1 aliphatic carbocycles. The summed E-state index contributed by atoms with van der Waals surface area (Å²) >= 11 is 0. The van der Waals surface area contributed by atoms with Gasteiger partial charge in [0.2, 0.25) is 0 Å². The molecule has 1 aromatic heterocycles. The van der Waals surface area contributed by atoms with Gasteiger partial charge in [0.05, 0.1) is 19.8 Å². The number of fused-ring (bicyclic) bond motifs is 1. The zero-order valence-electron chi connectivity index (χ0n) is 10.5. The Bertz CT molecular complexity index is 456. The lowest BCUT2D eigenvalue weighted by Crippen LogP contribution is -2.30. The molecule has 1 aliphatic rings. The van der Waals surface area contributed by atoms with Gasteiger partial charge in [-0.1, -0.05) is 6.07 Å². The Morgan fingerprint density at radius 3 is 3.06 bits per heavy atom. The van der Waals surface area contributed by atoms with Crippen molar-refractivity contribution < 1.29 is 9.84 Å². The summed E-state index contributed by atoms with van der Waals surface area (Å²) in [4.78, 5) is 11.9. The number of ether oxygens (including phenoxy) is 1. The molecule has 0 amide bonds. The predicted molar refractivity (Wildman–Crippen MR) is 68.5 cm³/mol. The molecule has 5 nitrogen and oxygen atoms in total. The molecule has 5 heteroatoms. The van der Waals surface area contributed by atoms with E-state index in [0.717, 1.165) is 30.5 Å². The lowest BCUT2D eigenvalue weighted by Gasteiger charge is -2.25. The fourth-order valence-corrected chi connectivity index (χ4v) is 2.47. The van der Waals surface area contributed by atoms with Crippen molar-refractivity contribution in [2.45, 2.75) is 31.8 Å². The van der Waals surface area contributed by atoms with E-state index < -0.39 is 0 Å². The summed E-state index contributed by atoms with van der Waals surface area (Å²) in [7, 11) is 0. The number of pyridine rings is 1. The maximum absolute atomic E-state index is 11.9. The minimum atomic E-state index is -0.00421. The van der Waals surface area contributed by atoms with Crippen LogP contribution in [0.3, 0.4) is 0 Å². The molecule has 1 aromatic rings. The van der Waals surface area contributed by atoms with Gasteiger partial charge >= 0.3 is 0 Å². The van der Waals surface area contributed by atoms with E-state index in [-0.39, 0.29) is 18.2 Å². The Hall–Kier alpha value is -1.17. The van der Waals surface area contributed by atoms with Gasteiger partial charge in [-0.25, -0.2) is 0 Å². The molecule has 0 aliphatic heterocycles. The molecule has 1 atom stereocenters. The highest BCUT2D eigenvalue weighted by atomic mass is 16.5. The second-order valence-corrected chi connectivity index (χ2v) is 4.56. The number of rotatable bonds is 5. The van der Waals surface area contributed by atoms with E-state index in [4.69, 9.17) is 15.6 Å². The van der Waals surface area contributed by atoms with Crippen molar-refractivity contribution in [3.8, 4) is 0 Å². The maximum Gasteiger partial charge on any atom is 0.250 e. The van der Waals surface area contributed by atoms with Crippen LogP contribution < -0.4 is 11.3 Å². The van der Waals surface area contributed by atoms with Gasteiger partial charge in [0, 0.05) is 24.3 Å². The van der Waals surface area contributed by atoms with Crippen LogP contribution in [0, 0.1) is 0 Å². The van der Waals surface area contributed by atoms with Gasteiger partial charge in [-0.15, -0.1) is 0 Å². The number of aliphatic hydroxyl groups is 1. The summed E-state index contributed by atoms with van der Waals surface area (Å²) in [6.45, 7) is 1.27. The molecule has 2 rings (SSSR count). The summed E-state index contributed by atoms with van der Waals surface area (Å²) in [6.07, 6.45) is 2.90. The van der Waals surface area contributed by atoms with E-state index in [2.05, 4.69) is 0 Å². The normalized spacial score (nSPS) is 18.7. The number of aliphatic hydroxyl groups excluding tert-OH is 1. The second-order valence-electron chi connectivity index (χ2n) is 4.56. The first-order chi connectivity index (χ1) is 8.74. The molecule has 0 spiro atoms. The van der Waals surface area contributed by atoms with Gasteiger partial charge in [0.15, 0.2) is 0 Å². The molecular weight excluding hydrogens is 232 g/mol. The Balaban J connectivity index is 2.18. The van der Waals surface area contributed by atoms with Crippen LogP contribution in [0.5, 0.6) is 0 Å². The van der Waals surface area contributed by atoms with Crippen LogP contribution in [-0.4, -0.2) is 29.5 Å². The Morgan fingerprint density at radius 1 is 1.44 bits per heavy atom. The highest BCUT2D eigenvalue weighted by Crippen LogP contribution is 2.26. The molecule has 18 heavy (non-hydrogen) atoms. The van der Waals surface area contributed by atoms with Crippen LogP contribution in [0.15, 0.2) is 16.9 Å². The largest absolute Gasteiger partial charge is 0.394 e. The first-order valence-corrected chi connectivity index (χ1v) is 6.41. The number of nitrogens with two attached hydrogens (primary N) is 1. The summed E-state index contributed by atoms with van der Waals surface area (Å²) in [5, 5.41) is 8.63.